The summed E-state index contributed by atoms with van der Waals surface area (Å²) in [6, 6.07) is 10.2. The third-order valence-electron chi connectivity index (χ3n) is 5.87. The van der Waals surface area contributed by atoms with Gasteiger partial charge in [-0.2, -0.15) is 0 Å². The number of nitrogens with one attached hydrogen (secondary N) is 1. The Labute approximate surface area is 183 Å². The Kier molecular flexibility index (Phi) is 7.59. The van der Waals surface area contributed by atoms with Gasteiger partial charge in [-0.3, -0.25) is 4.79 Å². The van der Waals surface area contributed by atoms with Crippen molar-refractivity contribution < 1.29 is 4.79 Å². The van der Waals surface area contributed by atoms with Gasteiger partial charge in [0, 0.05) is 43.5 Å². The molecule has 6 nitrogen and oxygen atoms in total. The third-order valence-corrected chi connectivity index (χ3v) is 6.86. The average Bonchev–Trinajstić information content (AvgIpc) is 2.81. The quantitative estimate of drug-likeness (QED) is 0.733. The number of amides is 1. The van der Waals surface area contributed by atoms with E-state index >= 15 is 0 Å². The fraction of sp³-hybridized carbons (Fsp3) is 0.522. The van der Waals surface area contributed by atoms with Crippen LogP contribution in [-0.2, 0) is 4.79 Å². The van der Waals surface area contributed by atoms with E-state index in [0.29, 0.717) is 6.54 Å². The van der Waals surface area contributed by atoms with E-state index in [4.69, 9.17) is 0 Å². The van der Waals surface area contributed by atoms with Crippen molar-refractivity contribution in [3.05, 3.63) is 42.7 Å². The van der Waals surface area contributed by atoms with Crippen LogP contribution in [-0.4, -0.2) is 60.0 Å². The first-order chi connectivity index (χ1) is 14.8. The van der Waals surface area contributed by atoms with Gasteiger partial charge in [-0.15, -0.1) is 0 Å². The zero-order chi connectivity index (χ0) is 20.6. The highest BCUT2D eigenvalue weighted by Gasteiger charge is 2.28. The van der Waals surface area contributed by atoms with Crippen molar-refractivity contribution in [3.8, 4) is 0 Å². The van der Waals surface area contributed by atoms with Crippen LogP contribution < -0.4 is 10.2 Å². The Morgan fingerprint density at radius 2 is 1.83 bits per heavy atom. The largest absolute Gasteiger partial charge is 0.355 e. The van der Waals surface area contributed by atoms with Crippen molar-refractivity contribution in [2.24, 2.45) is 5.92 Å². The van der Waals surface area contributed by atoms with Crippen LogP contribution in [0.5, 0.6) is 0 Å². The van der Waals surface area contributed by atoms with Gasteiger partial charge < -0.3 is 15.1 Å². The minimum Gasteiger partial charge on any atom is -0.355 e. The molecule has 3 heterocycles. The number of aromatic nitrogens is 2. The van der Waals surface area contributed by atoms with Crippen molar-refractivity contribution in [1.82, 2.24) is 20.2 Å². The highest BCUT2D eigenvalue weighted by atomic mass is 32.2. The summed E-state index contributed by atoms with van der Waals surface area (Å²) in [7, 11) is 0. The van der Waals surface area contributed by atoms with E-state index in [0.717, 1.165) is 48.2 Å². The molecule has 0 aliphatic carbocycles. The van der Waals surface area contributed by atoms with Crippen LogP contribution in [0.1, 0.15) is 32.1 Å². The molecule has 0 radical (unpaired) electrons. The molecular formula is C23H31N5OS. The average molecular weight is 426 g/mol. The summed E-state index contributed by atoms with van der Waals surface area (Å²) in [5.74, 6) is 1.08. The van der Waals surface area contributed by atoms with Crippen LogP contribution in [0.15, 0.2) is 52.6 Å². The fourth-order valence-corrected chi connectivity index (χ4v) is 5.16. The van der Waals surface area contributed by atoms with Gasteiger partial charge in [-0.25, -0.2) is 9.97 Å². The van der Waals surface area contributed by atoms with Gasteiger partial charge in [0.1, 0.15) is 5.03 Å². The molecule has 1 unspecified atom stereocenters. The molecule has 0 spiro atoms. The minimum atomic E-state index is 0.0108. The van der Waals surface area contributed by atoms with Gasteiger partial charge in [0.15, 0.2) is 5.82 Å². The van der Waals surface area contributed by atoms with E-state index < -0.39 is 0 Å². The first kappa shape index (κ1) is 21.1. The van der Waals surface area contributed by atoms with Crippen LogP contribution in [0, 0.1) is 5.92 Å². The molecule has 1 amide bonds. The van der Waals surface area contributed by atoms with Gasteiger partial charge in [-0.05, 0) is 50.9 Å². The Bertz CT molecular complexity index is 812. The predicted octanol–water partition coefficient (Wildman–Crippen LogP) is 3.45. The number of carbonyl (C=O) groups is 1. The lowest BCUT2D eigenvalue weighted by molar-refractivity contribution is -0.125. The molecule has 30 heavy (non-hydrogen) atoms. The standard InChI is InChI=1S/C23H31N5OS/c29-22(25-13-17-27-14-5-2-6-15-27)19-8-7-16-28(18-19)21-23(26-12-11-24-21)30-20-9-3-1-4-10-20/h1,3-4,9-12,19H,2,5-8,13-18H2,(H,25,29). The monoisotopic (exact) mass is 425 g/mol. The number of benzene rings is 1. The van der Waals surface area contributed by atoms with Crippen LogP contribution in [0.25, 0.3) is 0 Å². The second-order valence-electron chi connectivity index (χ2n) is 8.08. The zero-order valence-electron chi connectivity index (χ0n) is 17.5. The van der Waals surface area contributed by atoms with E-state index in [1.807, 2.05) is 18.2 Å². The number of hydrogen-bond acceptors (Lipinski definition) is 6. The molecule has 1 N–H and O–H groups in total. The van der Waals surface area contributed by atoms with Crippen molar-refractivity contribution in [3.63, 3.8) is 0 Å². The fourth-order valence-electron chi connectivity index (χ4n) is 4.26. The summed E-state index contributed by atoms with van der Waals surface area (Å²) in [5.41, 5.74) is 0. The molecule has 2 saturated heterocycles. The predicted molar refractivity (Wildman–Crippen MR) is 121 cm³/mol. The highest BCUT2D eigenvalue weighted by molar-refractivity contribution is 7.99. The van der Waals surface area contributed by atoms with Crippen LogP contribution in [0.3, 0.4) is 0 Å². The number of nitrogens with zero attached hydrogens (tertiary/aromatic N) is 4. The summed E-state index contributed by atoms with van der Waals surface area (Å²) >= 11 is 1.63. The van der Waals surface area contributed by atoms with Crippen molar-refractivity contribution in [1.29, 1.82) is 0 Å². The molecule has 1 aromatic heterocycles. The Morgan fingerprint density at radius 3 is 2.67 bits per heavy atom. The normalized spacial score (nSPS) is 20.1. The van der Waals surface area contributed by atoms with Gasteiger partial charge in [0.25, 0.3) is 0 Å². The van der Waals surface area contributed by atoms with E-state index in [1.54, 1.807) is 24.2 Å². The molecule has 7 heteroatoms. The number of carbonyl (C=O) groups excluding carboxylic acids is 1. The van der Waals surface area contributed by atoms with Crippen LogP contribution >= 0.6 is 11.8 Å². The minimum absolute atomic E-state index is 0.0108. The van der Waals surface area contributed by atoms with E-state index in [2.05, 4.69) is 37.2 Å². The SMILES string of the molecule is O=C(NCCN1CCCCC1)C1CCCN(c2nccnc2Sc2ccccc2)C1. The van der Waals surface area contributed by atoms with Crippen molar-refractivity contribution in [2.75, 3.05) is 44.2 Å². The Morgan fingerprint density at radius 1 is 1.03 bits per heavy atom. The second kappa shape index (κ2) is 10.8. The number of hydrogen-bond donors (Lipinski definition) is 1. The summed E-state index contributed by atoms with van der Waals surface area (Å²) in [5, 5.41) is 4.08. The lowest BCUT2D eigenvalue weighted by atomic mass is 9.97. The highest BCUT2D eigenvalue weighted by Crippen LogP contribution is 2.33. The summed E-state index contributed by atoms with van der Waals surface area (Å²) < 4.78 is 0. The van der Waals surface area contributed by atoms with E-state index in [1.165, 1.54) is 32.4 Å². The van der Waals surface area contributed by atoms with Gasteiger partial charge in [0.2, 0.25) is 5.91 Å². The summed E-state index contributed by atoms with van der Waals surface area (Å²) in [4.78, 5) is 27.8. The van der Waals surface area contributed by atoms with E-state index in [9.17, 15) is 4.79 Å². The lowest BCUT2D eigenvalue weighted by Gasteiger charge is -2.33. The maximum absolute atomic E-state index is 12.8. The van der Waals surface area contributed by atoms with Gasteiger partial charge in [0.05, 0.1) is 5.92 Å². The first-order valence-electron chi connectivity index (χ1n) is 11.1. The second-order valence-corrected chi connectivity index (χ2v) is 9.14. The molecule has 0 saturated carbocycles. The molecule has 2 aromatic rings. The number of piperidine rings is 2. The van der Waals surface area contributed by atoms with Crippen LogP contribution in [0.4, 0.5) is 5.82 Å². The molecule has 2 aliphatic rings. The number of rotatable bonds is 7. The van der Waals surface area contributed by atoms with E-state index in [-0.39, 0.29) is 11.8 Å². The summed E-state index contributed by atoms with van der Waals surface area (Å²) in [6.07, 6.45) is 9.33. The number of likely N-dealkylation sites (tertiary alicyclic amines) is 1. The molecule has 0 bridgehead atoms. The third kappa shape index (κ3) is 5.73. The lowest BCUT2D eigenvalue weighted by Crippen LogP contribution is -2.45. The molecular weight excluding hydrogens is 394 g/mol. The molecule has 1 aromatic carbocycles. The van der Waals surface area contributed by atoms with Crippen LogP contribution in [0.2, 0.25) is 0 Å². The zero-order valence-corrected chi connectivity index (χ0v) is 18.3. The maximum atomic E-state index is 12.8. The topological polar surface area (TPSA) is 61.4 Å². The molecule has 2 aliphatic heterocycles. The smallest absolute Gasteiger partial charge is 0.224 e. The summed E-state index contributed by atoms with van der Waals surface area (Å²) in [6.45, 7) is 5.66. The molecule has 160 valence electrons. The number of anilines is 1. The molecule has 1 atom stereocenters. The van der Waals surface area contributed by atoms with Crippen molar-refractivity contribution >= 4 is 23.5 Å². The first-order valence-corrected chi connectivity index (χ1v) is 11.9. The van der Waals surface area contributed by atoms with Gasteiger partial charge >= 0.3 is 0 Å². The maximum Gasteiger partial charge on any atom is 0.224 e. The van der Waals surface area contributed by atoms with Crippen molar-refractivity contribution in [2.45, 2.75) is 42.0 Å². The molecule has 4 rings (SSSR count). The van der Waals surface area contributed by atoms with Gasteiger partial charge in [-0.1, -0.05) is 36.4 Å². The Hall–Kier alpha value is -2.12. The molecule has 2 fully saturated rings. The Balaban J connectivity index is 1.34.